The van der Waals surface area contributed by atoms with Gasteiger partial charge in [-0.1, -0.05) is 35.6 Å². The van der Waals surface area contributed by atoms with Crippen LogP contribution < -0.4 is 10.4 Å². The van der Waals surface area contributed by atoms with Gasteiger partial charge in [-0.05, 0) is 43.2 Å². The van der Waals surface area contributed by atoms with Crippen molar-refractivity contribution in [3.8, 4) is 0 Å². The zero-order valence-corrected chi connectivity index (χ0v) is 17.2. The molecule has 0 bridgehead atoms. The molecule has 1 amide bonds. The highest BCUT2D eigenvalue weighted by atomic mass is 32.1. The van der Waals surface area contributed by atoms with Crippen molar-refractivity contribution in [2.24, 2.45) is 4.99 Å². The average molecular weight is 408 g/mol. The molecule has 0 aliphatic heterocycles. The molecule has 0 N–H and O–H groups in total. The fourth-order valence-corrected chi connectivity index (χ4v) is 4.46. The summed E-state index contributed by atoms with van der Waals surface area (Å²) in [7, 11) is 1.63. The van der Waals surface area contributed by atoms with E-state index in [2.05, 4.69) is 17.1 Å². The number of carbonyl (C=O) groups is 1. The topological polar surface area (TPSA) is 73.8 Å². The van der Waals surface area contributed by atoms with E-state index in [1.165, 1.54) is 17.4 Å². The first-order chi connectivity index (χ1) is 14.0. The summed E-state index contributed by atoms with van der Waals surface area (Å²) in [5, 5.41) is 0.681. The lowest BCUT2D eigenvalue weighted by Crippen LogP contribution is -2.21. The summed E-state index contributed by atoms with van der Waals surface area (Å²) in [6, 6.07) is 12.8. The summed E-state index contributed by atoms with van der Waals surface area (Å²) < 4.78 is 13.5. The van der Waals surface area contributed by atoms with Crippen molar-refractivity contribution in [3.05, 3.63) is 74.4 Å². The van der Waals surface area contributed by atoms with Gasteiger partial charge in [-0.2, -0.15) is 4.99 Å². The lowest BCUT2D eigenvalue weighted by atomic mass is 10.1. The van der Waals surface area contributed by atoms with Crippen LogP contribution in [0.15, 0.2) is 56.7 Å². The smallest absolute Gasteiger partial charge is 0.349 e. The van der Waals surface area contributed by atoms with Crippen LogP contribution in [0.3, 0.4) is 0 Å². The van der Waals surface area contributed by atoms with E-state index >= 15 is 0 Å². The molecule has 0 atom stereocenters. The fraction of sp³-hybridized carbons (Fsp3) is 0.227. The number of carbonyl (C=O) groups excluding carboxylic acids is 1. The van der Waals surface area contributed by atoms with Crippen molar-refractivity contribution in [3.63, 3.8) is 0 Å². The highest BCUT2D eigenvalue weighted by molar-refractivity contribution is 7.16. The quantitative estimate of drug-likeness (QED) is 0.481. The fourth-order valence-electron chi connectivity index (χ4n) is 3.35. The van der Waals surface area contributed by atoms with Gasteiger partial charge in [-0.25, -0.2) is 4.79 Å². The summed E-state index contributed by atoms with van der Waals surface area (Å²) in [5.41, 5.74) is 2.93. The summed E-state index contributed by atoms with van der Waals surface area (Å²) in [4.78, 5) is 30.0. The Morgan fingerprint density at radius 3 is 2.79 bits per heavy atom. The van der Waals surface area contributed by atoms with E-state index in [1.54, 1.807) is 25.3 Å². The molecule has 2 aromatic carbocycles. The summed E-state index contributed by atoms with van der Waals surface area (Å²) in [6.07, 6.45) is 0. The summed E-state index contributed by atoms with van der Waals surface area (Å²) in [5.74, 6) is -0.614. The van der Waals surface area contributed by atoms with E-state index in [4.69, 9.17) is 9.15 Å². The number of rotatable bonds is 4. The van der Waals surface area contributed by atoms with Crippen LogP contribution in [-0.4, -0.2) is 24.2 Å². The van der Waals surface area contributed by atoms with Crippen LogP contribution in [0.1, 0.15) is 21.5 Å². The highest BCUT2D eigenvalue weighted by Gasteiger charge is 2.15. The Hall–Kier alpha value is -3.03. The van der Waals surface area contributed by atoms with Crippen molar-refractivity contribution in [2.45, 2.75) is 20.4 Å². The minimum atomic E-state index is -0.686. The summed E-state index contributed by atoms with van der Waals surface area (Å²) >= 11 is 1.43. The monoisotopic (exact) mass is 408 g/mol. The van der Waals surface area contributed by atoms with Gasteiger partial charge in [0.25, 0.3) is 5.91 Å². The number of aryl methyl sites for hydroxylation is 2. The van der Waals surface area contributed by atoms with Gasteiger partial charge < -0.3 is 13.7 Å². The third-order valence-corrected chi connectivity index (χ3v) is 5.93. The summed E-state index contributed by atoms with van der Waals surface area (Å²) in [6.45, 7) is 5.11. The highest BCUT2D eigenvalue weighted by Crippen LogP contribution is 2.23. The molecule has 0 saturated carbocycles. The number of benzene rings is 2. The molecule has 0 radical (unpaired) electrons. The van der Waals surface area contributed by atoms with Crippen LogP contribution in [-0.2, 0) is 11.3 Å². The van der Waals surface area contributed by atoms with E-state index in [0.29, 0.717) is 28.9 Å². The number of ether oxygens (including phenoxy) is 1. The predicted molar refractivity (Wildman–Crippen MR) is 114 cm³/mol. The molecular formula is C22H20N2O4S. The van der Waals surface area contributed by atoms with Crippen LogP contribution in [0, 0.1) is 13.8 Å². The zero-order valence-electron chi connectivity index (χ0n) is 16.4. The van der Waals surface area contributed by atoms with Gasteiger partial charge >= 0.3 is 5.63 Å². The number of fused-ring (bicyclic) bond motifs is 2. The van der Waals surface area contributed by atoms with Gasteiger partial charge in [-0.3, -0.25) is 4.79 Å². The van der Waals surface area contributed by atoms with Gasteiger partial charge in [0, 0.05) is 19.0 Å². The number of thiazole rings is 1. The second-order valence-corrected chi connectivity index (χ2v) is 7.84. The Bertz CT molecular complexity index is 1360. The first-order valence-electron chi connectivity index (χ1n) is 9.19. The first-order valence-corrected chi connectivity index (χ1v) is 10.0. The third kappa shape index (κ3) is 3.66. The van der Waals surface area contributed by atoms with Gasteiger partial charge in [0.2, 0.25) is 0 Å². The molecule has 6 nitrogen and oxygen atoms in total. The zero-order chi connectivity index (χ0) is 20.5. The number of hydrogen-bond donors (Lipinski definition) is 0. The van der Waals surface area contributed by atoms with Gasteiger partial charge in [0.05, 0.1) is 16.8 Å². The molecule has 4 aromatic rings. The van der Waals surface area contributed by atoms with Crippen LogP contribution in [0.25, 0.3) is 21.2 Å². The Morgan fingerprint density at radius 2 is 2.00 bits per heavy atom. The minimum absolute atomic E-state index is 0.0765. The largest absolute Gasteiger partial charge is 0.422 e. The maximum atomic E-state index is 12.9. The van der Waals surface area contributed by atoms with E-state index in [9.17, 15) is 9.59 Å². The standard InChI is InChI=1S/C22H20N2O4S/c1-13-10-14(2)19-17(11-13)24(8-9-27-3)22(29-19)23-20(25)16-12-15-6-4-5-7-18(15)28-21(16)26/h4-7,10-12H,8-9H2,1-3H3. The maximum absolute atomic E-state index is 12.9. The Labute approximate surface area is 170 Å². The van der Waals surface area contributed by atoms with Crippen molar-refractivity contribution in [1.82, 2.24) is 4.57 Å². The second kappa shape index (κ2) is 7.77. The molecule has 2 heterocycles. The molecule has 0 aliphatic rings. The number of aromatic nitrogens is 1. The van der Waals surface area contributed by atoms with Crippen molar-refractivity contribution in [1.29, 1.82) is 0 Å². The lowest BCUT2D eigenvalue weighted by molar-refractivity contribution is 0.0994. The van der Waals surface area contributed by atoms with Crippen molar-refractivity contribution < 1.29 is 13.9 Å². The van der Waals surface area contributed by atoms with Crippen molar-refractivity contribution in [2.75, 3.05) is 13.7 Å². The number of nitrogens with zero attached hydrogens (tertiary/aromatic N) is 2. The molecule has 148 valence electrons. The van der Waals surface area contributed by atoms with Crippen molar-refractivity contribution >= 4 is 38.4 Å². The minimum Gasteiger partial charge on any atom is -0.422 e. The van der Waals surface area contributed by atoms with Crippen LogP contribution in [0.4, 0.5) is 0 Å². The second-order valence-electron chi connectivity index (χ2n) is 6.86. The van der Waals surface area contributed by atoms with Crippen LogP contribution >= 0.6 is 11.3 Å². The molecule has 0 fully saturated rings. The predicted octanol–water partition coefficient (Wildman–Crippen LogP) is 3.81. The SMILES string of the molecule is COCCn1c(=NC(=O)c2cc3ccccc3oc2=O)sc2c(C)cc(C)cc21. The molecular weight excluding hydrogens is 388 g/mol. The van der Waals surface area contributed by atoms with Crippen LogP contribution in [0.2, 0.25) is 0 Å². The molecule has 0 saturated heterocycles. The lowest BCUT2D eigenvalue weighted by Gasteiger charge is -2.06. The number of methoxy groups -OCH3 is 1. The van der Waals surface area contributed by atoms with Gasteiger partial charge in [0.15, 0.2) is 4.80 Å². The number of para-hydroxylation sites is 1. The third-order valence-electron chi connectivity index (χ3n) is 4.70. The molecule has 0 spiro atoms. The Kier molecular flexibility index (Phi) is 5.17. The maximum Gasteiger partial charge on any atom is 0.349 e. The van der Waals surface area contributed by atoms with E-state index in [0.717, 1.165) is 21.3 Å². The molecule has 2 aromatic heterocycles. The van der Waals surface area contributed by atoms with E-state index < -0.39 is 11.5 Å². The normalized spacial score (nSPS) is 12.2. The number of hydrogen-bond acceptors (Lipinski definition) is 5. The Balaban J connectivity index is 1.89. The molecule has 0 aliphatic carbocycles. The average Bonchev–Trinajstić information content (AvgIpc) is 3.03. The van der Waals surface area contributed by atoms with E-state index in [-0.39, 0.29) is 5.56 Å². The first kappa shape index (κ1) is 19.3. The van der Waals surface area contributed by atoms with Gasteiger partial charge in [-0.15, -0.1) is 0 Å². The van der Waals surface area contributed by atoms with Crippen LogP contribution in [0.5, 0.6) is 0 Å². The van der Waals surface area contributed by atoms with Gasteiger partial charge in [0.1, 0.15) is 11.1 Å². The molecule has 29 heavy (non-hydrogen) atoms. The van der Waals surface area contributed by atoms with E-state index in [1.807, 2.05) is 24.5 Å². The molecule has 0 unspecified atom stereocenters. The molecule has 7 heteroatoms. The molecule has 4 rings (SSSR count). The Morgan fingerprint density at radius 1 is 1.21 bits per heavy atom. The number of amides is 1.